The van der Waals surface area contributed by atoms with E-state index in [4.69, 9.17) is 26.4 Å². The summed E-state index contributed by atoms with van der Waals surface area (Å²) in [5.74, 6) is 2.34. The molecule has 1 atom stereocenters. The first-order valence-electron chi connectivity index (χ1n) is 8.43. The fourth-order valence-electron chi connectivity index (χ4n) is 2.57. The molecule has 1 unspecified atom stereocenters. The van der Waals surface area contributed by atoms with Crippen LogP contribution in [0.15, 0.2) is 36.4 Å². The van der Waals surface area contributed by atoms with Crippen LogP contribution in [0.4, 0.5) is 5.69 Å². The minimum absolute atomic E-state index is 0.0330. The highest BCUT2D eigenvalue weighted by molar-refractivity contribution is 7.80. The molecule has 0 saturated carbocycles. The molecule has 6 heteroatoms. The number of hydrogen-bond donors (Lipinski definition) is 2. The van der Waals surface area contributed by atoms with Gasteiger partial charge < -0.3 is 24.8 Å². The van der Waals surface area contributed by atoms with Crippen LogP contribution in [0.1, 0.15) is 18.1 Å². The fraction of sp³-hybridized carbons (Fsp3) is 0.350. The van der Waals surface area contributed by atoms with E-state index in [1.54, 1.807) is 14.2 Å². The average molecular weight is 375 g/mol. The number of methoxy groups -OCH3 is 2. The average Bonchev–Trinajstić information content (AvgIpc) is 2.61. The summed E-state index contributed by atoms with van der Waals surface area (Å²) in [7, 11) is 3.24. The van der Waals surface area contributed by atoms with Crippen molar-refractivity contribution in [3.63, 3.8) is 0 Å². The molecule has 2 aromatic carbocycles. The number of anilines is 1. The number of para-hydroxylation sites is 1. The van der Waals surface area contributed by atoms with Crippen LogP contribution in [-0.2, 0) is 0 Å². The van der Waals surface area contributed by atoms with E-state index in [0.29, 0.717) is 17.5 Å². The summed E-state index contributed by atoms with van der Waals surface area (Å²) in [5.41, 5.74) is 2.99. The molecule has 140 valence electrons. The molecule has 0 aliphatic rings. The molecular formula is C20H26N2O3S. The van der Waals surface area contributed by atoms with Crippen LogP contribution in [0, 0.1) is 13.8 Å². The molecule has 5 nitrogen and oxygen atoms in total. The molecule has 0 heterocycles. The molecular weight excluding hydrogens is 348 g/mol. The van der Waals surface area contributed by atoms with Gasteiger partial charge in [0.15, 0.2) is 5.11 Å². The lowest BCUT2D eigenvalue weighted by molar-refractivity contribution is 0.283. The molecule has 0 aliphatic heterocycles. The Kier molecular flexibility index (Phi) is 7.09. The molecule has 0 bridgehead atoms. The van der Waals surface area contributed by atoms with Gasteiger partial charge in [-0.15, -0.1) is 0 Å². The summed E-state index contributed by atoms with van der Waals surface area (Å²) in [4.78, 5) is 0. The predicted octanol–water partition coefficient (Wildman–Crippen LogP) is 4.07. The van der Waals surface area contributed by atoms with Crippen LogP contribution in [-0.4, -0.2) is 32.0 Å². The minimum Gasteiger partial charge on any atom is -0.497 e. The third-order valence-electron chi connectivity index (χ3n) is 3.92. The highest BCUT2D eigenvalue weighted by atomic mass is 32.1. The Morgan fingerprint density at radius 2 is 1.77 bits per heavy atom. The highest BCUT2D eigenvalue weighted by Gasteiger charge is 2.11. The normalized spacial score (nSPS) is 11.4. The van der Waals surface area contributed by atoms with Gasteiger partial charge in [-0.2, -0.15) is 0 Å². The predicted molar refractivity (Wildman–Crippen MR) is 110 cm³/mol. The van der Waals surface area contributed by atoms with Gasteiger partial charge in [-0.3, -0.25) is 0 Å². The van der Waals surface area contributed by atoms with Gasteiger partial charge in [-0.25, -0.2) is 0 Å². The summed E-state index contributed by atoms with van der Waals surface area (Å²) >= 11 is 5.41. The Bertz CT molecular complexity index is 744. The van der Waals surface area contributed by atoms with Gasteiger partial charge >= 0.3 is 0 Å². The SMILES string of the molecule is COc1ccc(OC)c(NC(=S)NC(C)COc2c(C)cccc2C)c1. The Balaban J connectivity index is 1.93. The van der Waals surface area contributed by atoms with Gasteiger partial charge in [-0.05, 0) is 56.2 Å². The van der Waals surface area contributed by atoms with E-state index in [-0.39, 0.29) is 6.04 Å². The van der Waals surface area contributed by atoms with E-state index in [0.717, 1.165) is 28.3 Å². The van der Waals surface area contributed by atoms with Crippen LogP contribution >= 0.6 is 12.2 Å². The molecule has 0 aliphatic carbocycles. The molecule has 0 fully saturated rings. The van der Waals surface area contributed by atoms with Crippen molar-refractivity contribution >= 4 is 23.0 Å². The van der Waals surface area contributed by atoms with Crippen molar-refractivity contribution in [2.24, 2.45) is 0 Å². The summed E-state index contributed by atoms with van der Waals surface area (Å²) in [6, 6.07) is 11.7. The number of rotatable bonds is 7. The zero-order chi connectivity index (χ0) is 19.1. The maximum absolute atomic E-state index is 5.97. The third-order valence-corrected chi connectivity index (χ3v) is 4.14. The van der Waals surface area contributed by atoms with E-state index >= 15 is 0 Å². The van der Waals surface area contributed by atoms with Gasteiger partial charge in [0.05, 0.1) is 25.9 Å². The maximum Gasteiger partial charge on any atom is 0.171 e. The Morgan fingerprint density at radius 1 is 1.08 bits per heavy atom. The number of hydrogen-bond acceptors (Lipinski definition) is 4. The topological polar surface area (TPSA) is 51.8 Å². The van der Waals surface area contributed by atoms with Crippen molar-refractivity contribution < 1.29 is 14.2 Å². The lowest BCUT2D eigenvalue weighted by atomic mass is 10.1. The van der Waals surface area contributed by atoms with Crippen molar-refractivity contribution in [3.8, 4) is 17.2 Å². The molecule has 2 N–H and O–H groups in total. The molecule has 0 saturated heterocycles. The number of thiocarbonyl (C=S) groups is 1. The van der Waals surface area contributed by atoms with Crippen molar-refractivity contribution in [3.05, 3.63) is 47.5 Å². The third kappa shape index (κ3) is 5.26. The molecule has 2 aromatic rings. The molecule has 0 spiro atoms. The van der Waals surface area contributed by atoms with Crippen molar-refractivity contribution in [1.82, 2.24) is 5.32 Å². The standard InChI is InChI=1S/C20H26N2O3S/c1-13-7-6-8-14(2)19(13)25-12-15(3)21-20(26)22-17-11-16(23-4)9-10-18(17)24-5/h6-11,15H,12H2,1-5H3,(H2,21,22,26). The van der Waals surface area contributed by atoms with E-state index in [9.17, 15) is 0 Å². The number of nitrogens with one attached hydrogen (secondary N) is 2. The second kappa shape index (κ2) is 9.29. The first-order chi connectivity index (χ1) is 12.4. The monoisotopic (exact) mass is 374 g/mol. The Morgan fingerprint density at radius 3 is 2.38 bits per heavy atom. The molecule has 26 heavy (non-hydrogen) atoms. The lowest BCUT2D eigenvalue weighted by Gasteiger charge is -2.20. The second-order valence-electron chi connectivity index (χ2n) is 6.10. The number of benzene rings is 2. The second-order valence-corrected chi connectivity index (χ2v) is 6.51. The summed E-state index contributed by atoms with van der Waals surface area (Å²) in [6.45, 7) is 6.61. The van der Waals surface area contributed by atoms with Crippen LogP contribution < -0.4 is 24.8 Å². The summed E-state index contributed by atoms with van der Waals surface area (Å²) in [5, 5.41) is 6.87. The van der Waals surface area contributed by atoms with Gasteiger partial charge in [0.2, 0.25) is 0 Å². The van der Waals surface area contributed by atoms with Gasteiger partial charge in [0.25, 0.3) is 0 Å². The first-order valence-corrected chi connectivity index (χ1v) is 8.84. The van der Waals surface area contributed by atoms with Crippen molar-refractivity contribution in [1.29, 1.82) is 0 Å². The zero-order valence-corrected chi connectivity index (χ0v) is 16.7. The van der Waals surface area contributed by atoms with Gasteiger partial charge in [0, 0.05) is 6.07 Å². The smallest absolute Gasteiger partial charge is 0.171 e. The van der Waals surface area contributed by atoms with E-state index in [1.807, 2.05) is 57.2 Å². The van der Waals surface area contributed by atoms with Crippen LogP contribution in [0.3, 0.4) is 0 Å². The van der Waals surface area contributed by atoms with Crippen LogP contribution in [0.25, 0.3) is 0 Å². The summed E-state index contributed by atoms with van der Waals surface area (Å²) < 4.78 is 16.6. The maximum atomic E-state index is 5.97. The molecule has 0 amide bonds. The number of aryl methyl sites for hydroxylation is 2. The Labute approximate surface area is 160 Å². The molecule has 2 rings (SSSR count). The lowest BCUT2D eigenvalue weighted by Crippen LogP contribution is -2.39. The molecule has 0 radical (unpaired) electrons. The summed E-state index contributed by atoms with van der Waals surface area (Å²) in [6.07, 6.45) is 0. The van der Waals surface area contributed by atoms with E-state index in [2.05, 4.69) is 10.6 Å². The van der Waals surface area contributed by atoms with Crippen molar-refractivity contribution in [2.45, 2.75) is 26.8 Å². The minimum atomic E-state index is 0.0330. The Hall–Kier alpha value is -2.47. The van der Waals surface area contributed by atoms with Crippen LogP contribution in [0.2, 0.25) is 0 Å². The van der Waals surface area contributed by atoms with E-state index in [1.165, 1.54) is 0 Å². The molecule has 0 aromatic heterocycles. The number of ether oxygens (including phenoxy) is 3. The van der Waals surface area contributed by atoms with Gasteiger partial charge in [-0.1, -0.05) is 18.2 Å². The van der Waals surface area contributed by atoms with Crippen LogP contribution in [0.5, 0.6) is 17.2 Å². The van der Waals surface area contributed by atoms with E-state index < -0.39 is 0 Å². The largest absolute Gasteiger partial charge is 0.497 e. The zero-order valence-electron chi connectivity index (χ0n) is 15.9. The fourth-order valence-corrected chi connectivity index (χ4v) is 2.88. The van der Waals surface area contributed by atoms with Crippen molar-refractivity contribution in [2.75, 3.05) is 26.1 Å². The quantitative estimate of drug-likeness (QED) is 0.713. The highest BCUT2D eigenvalue weighted by Crippen LogP contribution is 2.28. The van der Waals surface area contributed by atoms with Gasteiger partial charge in [0.1, 0.15) is 23.9 Å². The first kappa shape index (κ1) is 19.8.